The summed E-state index contributed by atoms with van der Waals surface area (Å²) in [7, 11) is 0. The van der Waals surface area contributed by atoms with Crippen LogP contribution in [0.25, 0.3) is 0 Å². The highest BCUT2D eigenvalue weighted by Gasteiger charge is 2.13. The van der Waals surface area contributed by atoms with Crippen molar-refractivity contribution in [3.63, 3.8) is 0 Å². The van der Waals surface area contributed by atoms with Crippen LogP contribution in [0.3, 0.4) is 0 Å². The Hall–Kier alpha value is -1.88. The third-order valence-electron chi connectivity index (χ3n) is 2.53. The molecule has 0 radical (unpaired) electrons. The molecule has 1 unspecified atom stereocenters. The summed E-state index contributed by atoms with van der Waals surface area (Å²) in [5.74, 6) is -0.131. The lowest BCUT2D eigenvalue weighted by molar-refractivity contribution is 0.0940. The highest BCUT2D eigenvalue weighted by atomic mass is 32.1. The van der Waals surface area contributed by atoms with Gasteiger partial charge in [-0.3, -0.25) is 4.79 Å². The van der Waals surface area contributed by atoms with E-state index in [4.69, 9.17) is 5.73 Å². The summed E-state index contributed by atoms with van der Waals surface area (Å²) >= 11 is 1.52. The first-order valence-electron chi connectivity index (χ1n) is 5.63. The Labute approximate surface area is 110 Å². The van der Waals surface area contributed by atoms with Gasteiger partial charge < -0.3 is 11.1 Å². The topological polar surface area (TPSA) is 68.0 Å². The summed E-state index contributed by atoms with van der Waals surface area (Å²) in [6.07, 6.45) is 1.73. The molecule has 0 bridgehead atoms. The minimum absolute atomic E-state index is 0.0979. The molecule has 0 aliphatic carbocycles. The molecule has 0 saturated carbocycles. The van der Waals surface area contributed by atoms with Gasteiger partial charge in [0.25, 0.3) is 5.91 Å². The highest BCUT2D eigenvalue weighted by Crippen LogP contribution is 2.16. The summed E-state index contributed by atoms with van der Waals surface area (Å²) in [4.78, 5) is 16.2. The minimum Gasteiger partial charge on any atom is -0.399 e. The molecule has 1 aromatic heterocycles. The van der Waals surface area contributed by atoms with Crippen LogP contribution in [0.15, 0.2) is 29.8 Å². The number of nitrogens with two attached hydrogens (primary N) is 1. The van der Waals surface area contributed by atoms with E-state index in [0.717, 1.165) is 10.6 Å². The predicted octanol–water partition coefficient (Wildman–Crippen LogP) is 2.52. The SMILES string of the molecule is Cc1cc(N)cc(C(=O)NC(C)c2nccs2)c1. The van der Waals surface area contributed by atoms with E-state index in [2.05, 4.69) is 10.3 Å². The second-order valence-corrected chi connectivity index (χ2v) is 5.12. The molecule has 1 heterocycles. The van der Waals surface area contributed by atoms with Crippen LogP contribution in [0.1, 0.15) is 33.9 Å². The molecule has 0 spiro atoms. The zero-order chi connectivity index (χ0) is 13.1. The Bertz CT molecular complexity index is 531. The number of nitrogen functional groups attached to an aromatic ring is 1. The van der Waals surface area contributed by atoms with Gasteiger partial charge in [-0.25, -0.2) is 4.98 Å². The van der Waals surface area contributed by atoms with E-state index in [9.17, 15) is 4.79 Å². The smallest absolute Gasteiger partial charge is 0.251 e. The van der Waals surface area contributed by atoms with Crippen LogP contribution in [0.2, 0.25) is 0 Å². The largest absolute Gasteiger partial charge is 0.399 e. The standard InChI is InChI=1S/C13H15N3OS/c1-8-5-10(7-11(14)6-8)12(17)16-9(2)13-15-3-4-18-13/h3-7,9H,14H2,1-2H3,(H,16,17). The Kier molecular flexibility index (Phi) is 3.62. The molecule has 4 nitrogen and oxygen atoms in total. The quantitative estimate of drug-likeness (QED) is 0.834. The summed E-state index contributed by atoms with van der Waals surface area (Å²) in [5, 5.41) is 5.69. The number of aromatic nitrogens is 1. The molecule has 0 aliphatic heterocycles. The van der Waals surface area contributed by atoms with Crippen LogP contribution in [0, 0.1) is 6.92 Å². The summed E-state index contributed by atoms with van der Waals surface area (Å²) in [6.45, 7) is 3.83. The van der Waals surface area contributed by atoms with Gasteiger partial charge >= 0.3 is 0 Å². The van der Waals surface area contributed by atoms with Crippen LogP contribution in [0.5, 0.6) is 0 Å². The zero-order valence-electron chi connectivity index (χ0n) is 10.3. The molecule has 2 aromatic rings. The lowest BCUT2D eigenvalue weighted by atomic mass is 10.1. The molecule has 2 rings (SSSR count). The molecule has 18 heavy (non-hydrogen) atoms. The van der Waals surface area contributed by atoms with Gasteiger partial charge in [-0.2, -0.15) is 0 Å². The fraction of sp³-hybridized carbons (Fsp3) is 0.231. The van der Waals surface area contributed by atoms with E-state index in [-0.39, 0.29) is 11.9 Å². The molecule has 0 saturated heterocycles. The molecule has 1 amide bonds. The maximum atomic E-state index is 12.1. The third kappa shape index (κ3) is 2.87. The molecule has 3 N–H and O–H groups in total. The fourth-order valence-corrected chi connectivity index (χ4v) is 2.38. The van der Waals surface area contributed by atoms with Gasteiger partial charge in [0.05, 0.1) is 6.04 Å². The molecular formula is C13H15N3OS. The lowest BCUT2D eigenvalue weighted by Crippen LogP contribution is -2.26. The number of carbonyl (C=O) groups is 1. The van der Waals surface area contributed by atoms with Gasteiger partial charge in [0.2, 0.25) is 0 Å². The number of thiazole rings is 1. The van der Waals surface area contributed by atoms with Gasteiger partial charge in [-0.05, 0) is 37.6 Å². The molecular weight excluding hydrogens is 246 g/mol. The Morgan fingerprint density at radius 2 is 2.22 bits per heavy atom. The Balaban J connectivity index is 2.12. The summed E-state index contributed by atoms with van der Waals surface area (Å²) in [6, 6.07) is 5.23. The fourth-order valence-electron chi connectivity index (χ4n) is 1.73. The van der Waals surface area contributed by atoms with E-state index in [1.54, 1.807) is 12.3 Å². The van der Waals surface area contributed by atoms with Crippen LogP contribution >= 0.6 is 11.3 Å². The Morgan fingerprint density at radius 1 is 1.44 bits per heavy atom. The van der Waals surface area contributed by atoms with E-state index < -0.39 is 0 Å². The van der Waals surface area contributed by atoms with Crippen LogP contribution < -0.4 is 11.1 Å². The van der Waals surface area contributed by atoms with Crippen LogP contribution in [0.4, 0.5) is 5.69 Å². The minimum atomic E-state index is -0.131. The van der Waals surface area contributed by atoms with E-state index in [1.807, 2.05) is 31.4 Å². The van der Waals surface area contributed by atoms with Gasteiger partial charge in [0.15, 0.2) is 0 Å². The second kappa shape index (κ2) is 5.18. The van der Waals surface area contributed by atoms with Gasteiger partial charge in [0.1, 0.15) is 5.01 Å². The first kappa shape index (κ1) is 12.6. The molecule has 1 atom stereocenters. The van der Waals surface area contributed by atoms with Crippen molar-refractivity contribution < 1.29 is 4.79 Å². The van der Waals surface area contributed by atoms with Crippen molar-refractivity contribution in [3.05, 3.63) is 45.9 Å². The number of hydrogen-bond donors (Lipinski definition) is 2. The van der Waals surface area contributed by atoms with E-state index in [0.29, 0.717) is 11.3 Å². The van der Waals surface area contributed by atoms with E-state index in [1.165, 1.54) is 11.3 Å². The van der Waals surface area contributed by atoms with E-state index >= 15 is 0 Å². The summed E-state index contributed by atoms with van der Waals surface area (Å²) < 4.78 is 0. The maximum absolute atomic E-state index is 12.1. The van der Waals surface area contributed by atoms with Crippen molar-refractivity contribution in [2.75, 3.05) is 5.73 Å². The van der Waals surface area contributed by atoms with Gasteiger partial charge in [-0.1, -0.05) is 0 Å². The summed E-state index contributed by atoms with van der Waals surface area (Å²) in [5.41, 5.74) is 7.89. The number of benzene rings is 1. The Morgan fingerprint density at radius 3 is 2.83 bits per heavy atom. The third-order valence-corrected chi connectivity index (χ3v) is 3.49. The highest BCUT2D eigenvalue weighted by molar-refractivity contribution is 7.09. The number of amides is 1. The first-order chi connectivity index (χ1) is 8.56. The molecule has 1 aromatic carbocycles. The van der Waals surface area contributed by atoms with Crippen LogP contribution in [-0.4, -0.2) is 10.9 Å². The van der Waals surface area contributed by atoms with Crippen molar-refractivity contribution in [1.29, 1.82) is 0 Å². The van der Waals surface area contributed by atoms with Crippen molar-refractivity contribution in [2.24, 2.45) is 0 Å². The number of aryl methyl sites for hydroxylation is 1. The molecule has 0 aliphatic rings. The molecule has 5 heteroatoms. The zero-order valence-corrected chi connectivity index (χ0v) is 11.1. The van der Waals surface area contributed by atoms with Crippen molar-refractivity contribution in [1.82, 2.24) is 10.3 Å². The monoisotopic (exact) mass is 261 g/mol. The predicted molar refractivity (Wildman–Crippen MR) is 73.6 cm³/mol. The average molecular weight is 261 g/mol. The number of nitrogens with one attached hydrogen (secondary N) is 1. The van der Waals surface area contributed by atoms with Gasteiger partial charge in [0, 0.05) is 22.8 Å². The molecule has 0 fully saturated rings. The number of hydrogen-bond acceptors (Lipinski definition) is 4. The molecule has 94 valence electrons. The number of carbonyl (C=O) groups excluding carboxylic acids is 1. The number of rotatable bonds is 3. The number of anilines is 1. The lowest BCUT2D eigenvalue weighted by Gasteiger charge is -2.12. The van der Waals surface area contributed by atoms with Crippen molar-refractivity contribution in [3.8, 4) is 0 Å². The van der Waals surface area contributed by atoms with Gasteiger partial charge in [-0.15, -0.1) is 11.3 Å². The second-order valence-electron chi connectivity index (χ2n) is 4.20. The number of nitrogens with zero attached hydrogens (tertiary/aromatic N) is 1. The average Bonchev–Trinajstić information content (AvgIpc) is 2.80. The maximum Gasteiger partial charge on any atom is 0.251 e. The van der Waals surface area contributed by atoms with Crippen molar-refractivity contribution in [2.45, 2.75) is 19.9 Å². The van der Waals surface area contributed by atoms with Crippen molar-refractivity contribution >= 4 is 22.9 Å². The first-order valence-corrected chi connectivity index (χ1v) is 6.51. The van der Waals surface area contributed by atoms with Crippen LogP contribution in [-0.2, 0) is 0 Å². The normalized spacial score (nSPS) is 12.1.